The van der Waals surface area contributed by atoms with Gasteiger partial charge in [0.1, 0.15) is 11.5 Å². The van der Waals surface area contributed by atoms with Crippen LogP contribution in [0, 0.1) is 0 Å². The summed E-state index contributed by atoms with van der Waals surface area (Å²) in [7, 11) is 3.30. The lowest BCUT2D eigenvalue weighted by Gasteiger charge is -2.31. The molecule has 8 heteroatoms. The largest absolute Gasteiger partial charge is 0.497 e. The van der Waals surface area contributed by atoms with Crippen LogP contribution in [0.3, 0.4) is 0 Å². The Morgan fingerprint density at radius 3 is 2.43 bits per heavy atom. The zero-order valence-electron chi connectivity index (χ0n) is 17.4. The molecule has 0 aromatic heterocycles. The lowest BCUT2D eigenvalue weighted by Crippen LogP contribution is -2.44. The number of rotatable bonds is 8. The summed E-state index contributed by atoms with van der Waals surface area (Å²) in [4.78, 5) is 4.55. The number of thiocarbonyl (C=S) groups is 1. The van der Waals surface area contributed by atoms with E-state index in [0.717, 1.165) is 62.1 Å². The third-order valence-electron chi connectivity index (χ3n) is 5.02. The van der Waals surface area contributed by atoms with Crippen molar-refractivity contribution in [2.75, 3.05) is 58.9 Å². The molecule has 3 rings (SSSR count). The molecular weight excluding hydrogens is 422 g/mol. The molecule has 2 aromatic rings. The molecule has 0 radical (unpaired) electrons. The van der Waals surface area contributed by atoms with Gasteiger partial charge in [0.2, 0.25) is 0 Å². The second-order valence-electron chi connectivity index (χ2n) is 7.00. The highest BCUT2D eigenvalue weighted by Crippen LogP contribution is 2.27. The van der Waals surface area contributed by atoms with Crippen LogP contribution in [-0.4, -0.2) is 68.5 Å². The van der Waals surface area contributed by atoms with E-state index >= 15 is 0 Å². The first-order valence-corrected chi connectivity index (χ1v) is 10.7. The van der Waals surface area contributed by atoms with Crippen LogP contribution < -0.4 is 14.8 Å². The molecule has 1 aliphatic rings. The fourth-order valence-electron chi connectivity index (χ4n) is 3.21. The number of anilines is 1. The number of methoxy groups -OCH3 is 2. The number of hydrogen-bond donors (Lipinski definition) is 1. The second-order valence-corrected chi connectivity index (χ2v) is 7.79. The number of halogens is 1. The molecule has 1 aliphatic heterocycles. The minimum absolute atomic E-state index is 0.593. The van der Waals surface area contributed by atoms with E-state index < -0.39 is 0 Å². The monoisotopic (exact) mass is 449 g/mol. The van der Waals surface area contributed by atoms with Gasteiger partial charge in [0, 0.05) is 38.8 Å². The van der Waals surface area contributed by atoms with Gasteiger partial charge in [0.25, 0.3) is 0 Å². The van der Waals surface area contributed by atoms with Gasteiger partial charge >= 0.3 is 0 Å². The molecule has 0 unspecified atom stereocenters. The Morgan fingerprint density at radius 2 is 1.77 bits per heavy atom. The van der Waals surface area contributed by atoms with Crippen molar-refractivity contribution in [1.29, 1.82) is 0 Å². The average Bonchev–Trinajstić information content (AvgIpc) is 2.79. The fraction of sp³-hybridized carbons (Fsp3) is 0.409. The molecule has 6 nitrogen and oxygen atoms in total. The zero-order chi connectivity index (χ0) is 21.3. The Kier molecular flexibility index (Phi) is 8.57. The van der Waals surface area contributed by atoms with E-state index in [4.69, 9.17) is 38.0 Å². The molecular formula is C22H28ClN3O3S. The molecule has 0 atom stereocenters. The van der Waals surface area contributed by atoms with E-state index in [2.05, 4.69) is 27.2 Å². The Morgan fingerprint density at radius 1 is 1.10 bits per heavy atom. The van der Waals surface area contributed by atoms with Crippen LogP contribution in [0.2, 0.25) is 5.02 Å². The average molecular weight is 450 g/mol. The molecule has 1 heterocycles. The van der Waals surface area contributed by atoms with E-state index in [1.165, 1.54) is 0 Å². The molecule has 1 N–H and O–H groups in total. The predicted octanol–water partition coefficient (Wildman–Crippen LogP) is 3.89. The van der Waals surface area contributed by atoms with Gasteiger partial charge in [-0.1, -0.05) is 23.7 Å². The van der Waals surface area contributed by atoms with Gasteiger partial charge in [-0.2, -0.15) is 0 Å². The van der Waals surface area contributed by atoms with Crippen molar-refractivity contribution in [2.45, 2.75) is 6.54 Å². The first-order chi connectivity index (χ1) is 14.6. The van der Waals surface area contributed by atoms with Crippen LogP contribution in [0.25, 0.3) is 0 Å². The molecule has 0 spiro atoms. The first-order valence-electron chi connectivity index (χ1n) is 9.91. The number of morpholine rings is 1. The maximum absolute atomic E-state index is 6.36. The highest BCUT2D eigenvalue weighted by Gasteiger charge is 2.16. The van der Waals surface area contributed by atoms with Crippen LogP contribution in [0.5, 0.6) is 11.5 Å². The van der Waals surface area contributed by atoms with Crippen LogP contribution in [0.4, 0.5) is 5.69 Å². The minimum Gasteiger partial charge on any atom is -0.497 e. The maximum atomic E-state index is 6.36. The Hall–Kier alpha value is -2.06. The summed E-state index contributed by atoms with van der Waals surface area (Å²) in [5, 5.41) is 4.51. The molecule has 1 saturated heterocycles. The van der Waals surface area contributed by atoms with Crippen molar-refractivity contribution in [2.24, 2.45) is 0 Å². The normalized spacial score (nSPS) is 14.2. The number of benzene rings is 2. The number of nitrogens with zero attached hydrogens (tertiary/aromatic N) is 2. The summed E-state index contributed by atoms with van der Waals surface area (Å²) in [6.45, 7) is 5.83. The molecule has 0 saturated carbocycles. The maximum Gasteiger partial charge on any atom is 0.173 e. The standard InChI is InChI=1S/C22H28ClN3O3S/c1-27-18-5-3-17(4-6-18)16-26(10-9-25-11-13-29-14-12-25)22(30)24-21-15-19(28-2)7-8-20(21)23/h3-8,15H,9-14,16H2,1-2H3,(H,24,30). The second kappa shape index (κ2) is 11.4. The third kappa shape index (κ3) is 6.47. The Bertz CT molecular complexity index is 829. The SMILES string of the molecule is COc1ccc(CN(CCN2CCOCC2)C(=S)Nc2cc(OC)ccc2Cl)cc1. The number of nitrogens with one attached hydrogen (secondary N) is 1. The summed E-state index contributed by atoms with van der Waals surface area (Å²) in [6, 6.07) is 13.5. The molecule has 0 aliphatic carbocycles. The first kappa shape index (κ1) is 22.6. The van der Waals surface area contributed by atoms with Crippen LogP contribution in [-0.2, 0) is 11.3 Å². The van der Waals surface area contributed by atoms with E-state index in [0.29, 0.717) is 16.7 Å². The molecule has 30 heavy (non-hydrogen) atoms. The molecule has 0 bridgehead atoms. The van der Waals surface area contributed by atoms with Crippen molar-refractivity contribution in [1.82, 2.24) is 9.80 Å². The molecule has 162 valence electrons. The predicted molar refractivity (Wildman–Crippen MR) is 125 cm³/mol. The van der Waals surface area contributed by atoms with Gasteiger partial charge < -0.3 is 24.4 Å². The van der Waals surface area contributed by atoms with Crippen molar-refractivity contribution in [3.63, 3.8) is 0 Å². The van der Waals surface area contributed by atoms with Crippen molar-refractivity contribution < 1.29 is 14.2 Å². The van der Waals surface area contributed by atoms with Crippen LogP contribution in [0.15, 0.2) is 42.5 Å². The summed E-state index contributed by atoms with van der Waals surface area (Å²) >= 11 is 12.1. The van der Waals surface area contributed by atoms with Crippen molar-refractivity contribution in [3.05, 3.63) is 53.1 Å². The fourth-order valence-corrected chi connectivity index (χ4v) is 3.64. The third-order valence-corrected chi connectivity index (χ3v) is 5.71. The van der Waals surface area contributed by atoms with Gasteiger partial charge in [0.15, 0.2) is 5.11 Å². The van der Waals surface area contributed by atoms with E-state index in [1.54, 1.807) is 20.3 Å². The smallest absolute Gasteiger partial charge is 0.173 e. The van der Waals surface area contributed by atoms with Crippen molar-refractivity contribution in [3.8, 4) is 11.5 Å². The highest BCUT2D eigenvalue weighted by molar-refractivity contribution is 7.80. The number of ether oxygens (including phenoxy) is 3. The summed E-state index contributed by atoms with van der Waals surface area (Å²) < 4.78 is 16.0. The summed E-state index contributed by atoms with van der Waals surface area (Å²) in [5.74, 6) is 1.56. The topological polar surface area (TPSA) is 46.2 Å². The molecule has 1 fully saturated rings. The van der Waals surface area contributed by atoms with E-state index in [1.807, 2.05) is 24.3 Å². The lowest BCUT2D eigenvalue weighted by molar-refractivity contribution is 0.0358. The van der Waals surface area contributed by atoms with Gasteiger partial charge in [-0.05, 0) is 42.0 Å². The van der Waals surface area contributed by atoms with Gasteiger partial charge in [-0.3, -0.25) is 4.90 Å². The summed E-state index contributed by atoms with van der Waals surface area (Å²) in [6.07, 6.45) is 0. The quantitative estimate of drug-likeness (QED) is 0.613. The highest BCUT2D eigenvalue weighted by atomic mass is 35.5. The summed E-state index contributed by atoms with van der Waals surface area (Å²) in [5.41, 5.74) is 1.88. The van der Waals surface area contributed by atoms with Gasteiger partial charge in [-0.15, -0.1) is 0 Å². The van der Waals surface area contributed by atoms with E-state index in [-0.39, 0.29) is 0 Å². The van der Waals surface area contributed by atoms with Crippen molar-refractivity contribution >= 4 is 34.6 Å². The molecule has 2 aromatic carbocycles. The lowest BCUT2D eigenvalue weighted by atomic mass is 10.2. The van der Waals surface area contributed by atoms with E-state index in [9.17, 15) is 0 Å². The zero-order valence-corrected chi connectivity index (χ0v) is 19.0. The Labute approximate surface area is 188 Å². The van der Waals surface area contributed by atoms with Gasteiger partial charge in [-0.25, -0.2) is 0 Å². The van der Waals surface area contributed by atoms with Gasteiger partial charge in [0.05, 0.1) is 38.1 Å². The van der Waals surface area contributed by atoms with Crippen LogP contribution >= 0.6 is 23.8 Å². The Balaban J connectivity index is 1.71. The minimum atomic E-state index is 0.593. The van der Waals surface area contributed by atoms with Crippen LogP contribution in [0.1, 0.15) is 5.56 Å². The number of hydrogen-bond acceptors (Lipinski definition) is 5. The molecule has 0 amide bonds.